The predicted octanol–water partition coefficient (Wildman–Crippen LogP) is -0.981. The fourth-order valence-corrected chi connectivity index (χ4v) is 2.77. The lowest BCUT2D eigenvalue weighted by Gasteiger charge is -2.45. The normalized spacial score (nSPS) is 29.9. The smallest absolute Gasteiger partial charge is 0.303 e. The van der Waals surface area contributed by atoms with E-state index in [9.17, 15) is 29.1 Å². The number of carbonyl (C=O) groups is 5. The molecule has 1 rings (SSSR count). The lowest BCUT2D eigenvalue weighted by atomic mass is 9.84. The fraction of sp³-hybridized carbons (Fsp3) is 0.688. The molecule has 0 spiro atoms. The van der Waals surface area contributed by atoms with Crippen molar-refractivity contribution in [1.29, 1.82) is 0 Å². The number of esters is 5. The summed E-state index contributed by atoms with van der Waals surface area (Å²) in [6.45, 7) is 5.21. The first kappa shape index (κ1) is 22.4. The minimum absolute atomic E-state index is 0.839. The summed E-state index contributed by atoms with van der Waals surface area (Å²) >= 11 is 0. The van der Waals surface area contributed by atoms with E-state index >= 15 is 0 Å². The molecule has 0 bridgehead atoms. The van der Waals surface area contributed by atoms with Gasteiger partial charge in [-0.3, -0.25) is 24.0 Å². The first-order valence-electron chi connectivity index (χ1n) is 7.98. The Labute approximate surface area is 154 Å². The van der Waals surface area contributed by atoms with Gasteiger partial charge in [0, 0.05) is 34.6 Å². The van der Waals surface area contributed by atoms with E-state index in [0.717, 1.165) is 34.6 Å². The van der Waals surface area contributed by atoms with Crippen LogP contribution in [0.3, 0.4) is 0 Å². The Hall–Kier alpha value is -2.69. The van der Waals surface area contributed by atoms with Crippen molar-refractivity contribution in [1.82, 2.24) is 0 Å². The van der Waals surface area contributed by atoms with Crippen molar-refractivity contribution in [3.05, 3.63) is 0 Å². The van der Waals surface area contributed by atoms with E-state index in [2.05, 4.69) is 0 Å². The number of carbonyl (C=O) groups excluding carboxylic acids is 5. The standard InChI is InChI=1S/C16H22O11/c1-6(17)23-12-11(22)13(24-7(2)18)15(26-9(4)20)16(27-10(5)21)14(12)25-8(3)19/h11-16,22H,1-5H3/t11?,12-,13?,14?,15?,16?/m0/s1. The van der Waals surface area contributed by atoms with Gasteiger partial charge in [-0.1, -0.05) is 0 Å². The Morgan fingerprint density at radius 3 is 0.889 bits per heavy atom. The van der Waals surface area contributed by atoms with Crippen LogP contribution in [0.1, 0.15) is 34.6 Å². The van der Waals surface area contributed by atoms with Crippen LogP contribution in [-0.2, 0) is 47.7 Å². The van der Waals surface area contributed by atoms with Gasteiger partial charge in [-0.15, -0.1) is 0 Å². The van der Waals surface area contributed by atoms with Gasteiger partial charge in [0.05, 0.1) is 0 Å². The zero-order chi connectivity index (χ0) is 20.9. The minimum Gasteiger partial charge on any atom is -0.455 e. The van der Waals surface area contributed by atoms with E-state index < -0.39 is 66.5 Å². The predicted molar refractivity (Wildman–Crippen MR) is 83.8 cm³/mol. The molecule has 27 heavy (non-hydrogen) atoms. The molecule has 152 valence electrons. The molecule has 6 atom stereocenters. The molecule has 0 heterocycles. The van der Waals surface area contributed by atoms with Crippen LogP contribution < -0.4 is 0 Å². The largest absolute Gasteiger partial charge is 0.455 e. The molecule has 0 amide bonds. The van der Waals surface area contributed by atoms with Crippen LogP contribution in [0.25, 0.3) is 0 Å². The average Bonchev–Trinajstić information content (AvgIpc) is 2.49. The maximum absolute atomic E-state index is 11.5. The van der Waals surface area contributed by atoms with Crippen LogP contribution in [0, 0.1) is 0 Å². The van der Waals surface area contributed by atoms with Crippen molar-refractivity contribution in [3.63, 3.8) is 0 Å². The summed E-state index contributed by atoms with van der Waals surface area (Å²) in [5.74, 6) is -4.20. The Kier molecular flexibility index (Phi) is 7.70. The van der Waals surface area contributed by atoms with Crippen LogP contribution in [0.4, 0.5) is 0 Å². The highest BCUT2D eigenvalue weighted by Gasteiger charge is 2.58. The summed E-state index contributed by atoms with van der Waals surface area (Å²) < 4.78 is 25.2. The molecule has 0 aliphatic heterocycles. The van der Waals surface area contributed by atoms with Gasteiger partial charge < -0.3 is 28.8 Å². The van der Waals surface area contributed by atoms with Crippen LogP contribution in [0.5, 0.6) is 0 Å². The fourth-order valence-electron chi connectivity index (χ4n) is 2.77. The summed E-state index contributed by atoms with van der Waals surface area (Å²) in [6.07, 6.45) is -9.37. The number of aliphatic hydroxyl groups excluding tert-OH is 1. The van der Waals surface area contributed by atoms with E-state index in [1.807, 2.05) is 0 Å². The molecule has 0 saturated heterocycles. The molecule has 1 aliphatic rings. The van der Waals surface area contributed by atoms with E-state index in [1.165, 1.54) is 0 Å². The minimum atomic E-state index is -1.74. The summed E-state index contributed by atoms with van der Waals surface area (Å²) in [7, 11) is 0. The number of ether oxygens (including phenoxy) is 5. The van der Waals surface area contributed by atoms with Crippen molar-refractivity contribution in [2.75, 3.05) is 0 Å². The SMILES string of the molecule is CC(=O)OC1C(OC(C)=O)C(O)[C@H](OC(C)=O)C(OC(C)=O)C1OC(C)=O. The molecule has 0 radical (unpaired) electrons. The second-order valence-corrected chi connectivity index (χ2v) is 5.86. The van der Waals surface area contributed by atoms with Gasteiger partial charge >= 0.3 is 29.8 Å². The van der Waals surface area contributed by atoms with Crippen molar-refractivity contribution < 1.29 is 52.8 Å². The quantitative estimate of drug-likeness (QED) is 0.455. The number of aliphatic hydroxyl groups is 1. The molecule has 0 aromatic carbocycles. The number of hydrogen-bond acceptors (Lipinski definition) is 11. The second-order valence-electron chi connectivity index (χ2n) is 5.86. The average molecular weight is 390 g/mol. The van der Waals surface area contributed by atoms with Gasteiger partial charge in [0.2, 0.25) is 0 Å². The maximum Gasteiger partial charge on any atom is 0.303 e. The molecule has 1 saturated carbocycles. The third-order valence-electron chi connectivity index (χ3n) is 3.48. The lowest BCUT2D eigenvalue weighted by molar-refractivity contribution is -0.255. The molecule has 0 aromatic rings. The Morgan fingerprint density at radius 1 is 0.481 bits per heavy atom. The number of rotatable bonds is 5. The van der Waals surface area contributed by atoms with Gasteiger partial charge in [-0.2, -0.15) is 0 Å². The molecular formula is C16H22O11. The topological polar surface area (TPSA) is 152 Å². The van der Waals surface area contributed by atoms with Gasteiger partial charge in [0.1, 0.15) is 6.10 Å². The summed E-state index contributed by atoms with van der Waals surface area (Å²) in [5.41, 5.74) is 0. The van der Waals surface area contributed by atoms with Crippen LogP contribution >= 0.6 is 0 Å². The molecule has 5 unspecified atom stereocenters. The summed E-state index contributed by atoms with van der Waals surface area (Å²) in [4.78, 5) is 57.4. The number of hydrogen-bond donors (Lipinski definition) is 1. The Bertz CT molecular complexity index is 569. The first-order valence-corrected chi connectivity index (χ1v) is 7.98. The van der Waals surface area contributed by atoms with Crippen LogP contribution in [0.15, 0.2) is 0 Å². The van der Waals surface area contributed by atoms with Crippen molar-refractivity contribution >= 4 is 29.8 Å². The lowest BCUT2D eigenvalue weighted by Crippen LogP contribution is -2.68. The van der Waals surface area contributed by atoms with E-state index in [4.69, 9.17) is 23.7 Å². The highest BCUT2D eigenvalue weighted by molar-refractivity contribution is 5.70. The monoisotopic (exact) mass is 390 g/mol. The first-order chi connectivity index (χ1) is 12.4. The molecule has 1 aliphatic carbocycles. The van der Waals surface area contributed by atoms with Crippen LogP contribution in [0.2, 0.25) is 0 Å². The maximum atomic E-state index is 11.5. The second kappa shape index (κ2) is 9.31. The van der Waals surface area contributed by atoms with Crippen molar-refractivity contribution in [2.24, 2.45) is 0 Å². The third kappa shape index (κ3) is 6.20. The summed E-state index contributed by atoms with van der Waals surface area (Å²) in [5, 5.41) is 10.6. The van der Waals surface area contributed by atoms with Gasteiger partial charge in [0.15, 0.2) is 30.5 Å². The van der Waals surface area contributed by atoms with Gasteiger partial charge in [-0.25, -0.2) is 0 Å². The highest BCUT2D eigenvalue weighted by Crippen LogP contribution is 2.32. The molecule has 1 N–H and O–H groups in total. The molecule has 11 heteroatoms. The molecule has 1 fully saturated rings. The van der Waals surface area contributed by atoms with E-state index in [-0.39, 0.29) is 0 Å². The van der Waals surface area contributed by atoms with E-state index in [0.29, 0.717) is 0 Å². The van der Waals surface area contributed by atoms with Crippen LogP contribution in [-0.4, -0.2) is 71.6 Å². The highest BCUT2D eigenvalue weighted by atomic mass is 16.7. The third-order valence-corrected chi connectivity index (χ3v) is 3.48. The molecule has 11 nitrogen and oxygen atoms in total. The summed E-state index contributed by atoms with van der Waals surface area (Å²) in [6, 6.07) is 0. The Morgan fingerprint density at radius 2 is 0.667 bits per heavy atom. The van der Waals surface area contributed by atoms with Crippen molar-refractivity contribution in [2.45, 2.75) is 71.2 Å². The molecule has 0 aromatic heterocycles. The molecular weight excluding hydrogens is 368 g/mol. The van der Waals surface area contributed by atoms with E-state index in [1.54, 1.807) is 0 Å². The zero-order valence-corrected chi connectivity index (χ0v) is 15.5. The Balaban J connectivity index is 3.46. The van der Waals surface area contributed by atoms with Crippen molar-refractivity contribution in [3.8, 4) is 0 Å². The van der Waals surface area contributed by atoms with Gasteiger partial charge in [-0.05, 0) is 0 Å². The van der Waals surface area contributed by atoms with Gasteiger partial charge in [0.25, 0.3) is 0 Å². The zero-order valence-electron chi connectivity index (χ0n) is 15.5.